The van der Waals surface area contributed by atoms with Crippen LogP contribution in [0.5, 0.6) is 0 Å². The molecule has 0 spiro atoms. The zero-order chi connectivity index (χ0) is 18.6. The van der Waals surface area contributed by atoms with Gasteiger partial charge in [0.1, 0.15) is 0 Å². The molecular formula is C22H14F4. The molecule has 0 aromatic heterocycles. The van der Waals surface area contributed by atoms with Crippen molar-refractivity contribution in [1.82, 2.24) is 0 Å². The quantitative estimate of drug-likeness (QED) is 0.329. The first-order valence-corrected chi connectivity index (χ1v) is 8.14. The number of benzene rings is 4. The maximum absolute atomic E-state index is 14.7. The zero-order valence-electron chi connectivity index (χ0n) is 14.1. The van der Waals surface area contributed by atoms with Crippen molar-refractivity contribution in [2.75, 3.05) is 0 Å². The molecule has 0 aliphatic rings. The molecule has 0 amide bonds. The van der Waals surface area contributed by atoms with Crippen LogP contribution in [0.4, 0.5) is 17.6 Å². The Morgan fingerprint density at radius 1 is 0.500 bits per heavy atom. The molecule has 4 rings (SSSR count). The molecular weight excluding hydrogens is 340 g/mol. The number of hydrogen-bond acceptors (Lipinski definition) is 0. The Morgan fingerprint density at radius 3 is 1.27 bits per heavy atom. The Morgan fingerprint density at radius 2 is 0.885 bits per heavy atom. The summed E-state index contributed by atoms with van der Waals surface area (Å²) in [7, 11) is 0. The minimum absolute atomic E-state index is 0.114. The van der Waals surface area contributed by atoms with E-state index in [9.17, 15) is 17.6 Å². The van der Waals surface area contributed by atoms with Gasteiger partial charge in [-0.2, -0.15) is 0 Å². The number of hydrogen-bond donors (Lipinski definition) is 0. The first-order chi connectivity index (χ1) is 12.4. The number of aryl methyl sites for hydroxylation is 2. The monoisotopic (exact) mass is 354 g/mol. The van der Waals surface area contributed by atoms with E-state index in [-0.39, 0.29) is 21.9 Å². The minimum Gasteiger partial charge on any atom is -0.203 e. The van der Waals surface area contributed by atoms with Crippen molar-refractivity contribution in [3.8, 4) is 11.1 Å². The predicted molar refractivity (Wildman–Crippen MR) is 96.2 cm³/mol. The lowest BCUT2D eigenvalue weighted by atomic mass is 9.95. The van der Waals surface area contributed by atoms with Crippen LogP contribution in [0.2, 0.25) is 0 Å². The highest BCUT2D eigenvalue weighted by Gasteiger charge is 2.21. The van der Waals surface area contributed by atoms with Crippen molar-refractivity contribution in [1.29, 1.82) is 0 Å². The first-order valence-electron chi connectivity index (χ1n) is 8.14. The van der Waals surface area contributed by atoms with Crippen LogP contribution in [0.3, 0.4) is 0 Å². The van der Waals surface area contributed by atoms with E-state index in [0.29, 0.717) is 10.8 Å². The Kier molecular flexibility index (Phi) is 3.72. The van der Waals surface area contributed by atoms with Gasteiger partial charge in [0.25, 0.3) is 0 Å². The number of halogens is 4. The third-order valence-electron chi connectivity index (χ3n) is 4.64. The highest BCUT2D eigenvalue weighted by Crippen LogP contribution is 2.36. The lowest BCUT2D eigenvalue weighted by Crippen LogP contribution is -1.98. The van der Waals surface area contributed by atoms with Crippen molar-refractivity contribution < 1.29 is 17.6 Å². The van der Waals surface area contributed by atoms with Crippen LogP contribution < -0.4 is 0 Å². The highest BCUT2D eigenvalue weighted by atomic mass is 19.2. The molecule has 4 heteroatoms. The van der Waals surface area contributed by atoms with E-state index in [1.807, 2.05) is 0 Å². The standard InChI is InChI=1S/C22H14F4/c1-11-3-5-13-9-17(21(25)19(23)15(13)7-11)18-10-14-6-4-12(2)8-16(14)20(24)22(18)26/h3-10H,1-2H3. The van der Waals surface area contributed by atoms with Crippen LogP contribution in [0.1, 0.15) is 11.1 Å². The number of rotatable bonds is 1. The van der Waals surface area contributed by atoms with Gasteiger partial charge >= 0.3 is 0 Å². The van der Waals surface area contributed by atoms with Gasteiger partial charge in [0.15, 0.2) is 23.3 Å². The molecule has 0 saturated carbocycles. The molecule has 0 atom stereocenters. The molecule has 0 unspecified atom stereocenters. The third kappa shape index (κ3) is 2.45. The summed E-state index contributed by atoms with van der Waals surface area (Å²) in [5, 5.41) is 1.08. The number of fused-ring (bicyclic) bond motifs is 2. The summed E-state index contributed by atoms with van der Waals surface area (Å²) in [5.41, 5.74) is 0.971. The van der Waals surface area contributed by atoms with E-state index < -0.39 is 23.3 Å². The predicted octanol–water partition coefficient (Wildman–Crippen LogP) is 6.83. The van der Waals surface area contributed by atoms with Crippen LogP contribution in [-0.2, 0) is 0 Å². The van der Waals surface area contributed by atoms with Gasteiger partial charge in [-0.25, -0.2) is 17.6 Å². The summed E-state index contributed by atoms with van der Waals surface area (Å²) in [6.07, 6.45) is 0. The van der Waals surface area contributed by atoms with E-state index in [0.717, 1.165) is 11.1 Å². The highest BCUT2D eigenvalue weighted by molar-refractivity contribution is 5.93. The van der Waals surface area contributed by atoms with Gasteiger partial charge in [-0.1, -0.05) is 35.4 Å². The molecule has 4 aromatic carbocycles. The molecule has 0 aliphatic heterocycles. The Labute approximate surface area is 147 Å². The van der Waals surface area contributed by atoms with Crippen LogP contribution >= 0.6 is 0 Å². The molecule has 0 radical (unpaired) electrons. The molecule has 0 saturated heterocycles. The normalized spacial score (nSPS) is 11.5. The van der Waals surface area contributed by atoms with Gasteiger partial charge in [-0.05, 0) is 48.9 Å². The molecule has 0 heterocycles. The van der Waals surface area contributed by atoms with Gasteiger partial charge < -0.3 is 0 Å². The summed E-state index contributed by atoms with van der Waals surface area (Å²) in [6.45, 7) is 3.54. The maximum atomic E-state index is 14.7. The molecule has 0 bridgehead atoms. The average molecular weight is 354 g/mol. The van der Waals surface area contributed by atoms with Gasteiger partial charge in [-0.15, -0.1) is 0 Å². The third-order valence-corrected chi connectivity index (χ3v) is 4.64. The van der Waals surface area contributed by atoms with E-state index in [1.165, 1.54) is 24.3 Å². The van der Waals surface area contributed by atoms with Gasteiger partial charge in [-0.3, -0.25) is 0 Å². The summed E-state index contributed by atoms with van der Waals surface area (Å²) < 4.78 is 58.4. The van der Waals surface area contributed by atoms with Crippen LogP contribution in [-0.4, -0.2) is 0 Å². The maximum Gasteiger partial charge on any atom is 0.167 e. The Hall–Kier alpha value is -2.88. The van der Waals surface area contributed by atoms with Crippen molar-refractivity contribution in [2.24, 2.45) is 0 Å². The molecule has 0 fully saturated rings. The first kappa shape index (κ1) is 16.6. The SMILES string of the molecule is Cc1ccc2cc(-c3cc4ccc(C)cc4c(F)c3F)c(F)c(F)c2c1. The zero-order valence-corrected chi connectivity index (χ0v) is 14.1. The second-order valence-corrected chi connectivity index (χ2v) is 6.55. The Bertz CT molecular complexity index is 1100. The van der Waals surface area contributed by atoms with Gasteiger partial charge in [0.05, 0.1) is 0 Å². The van der Waals surface area contributed by atoms with Crippen LogP contribution in [0.25, 0.3) is 32.7 Å². The van der Waals surface area contributed by atoms with E-state index in [1.54, 1.807) is 38.1 Å². The summed E-state index contributed by atoms with van der Waals surface area (Å²) in [4.78, 5) is 0. The molecule has 4 aromatic rings. The summed E-state index contributed by atoms with van der Waals surface area (Å²) in [6, 6.07) is 12.5. The van der Waals surface area contributed by atoms with E-state index in [4.69, 9.17) is 0 Å². The molecule has 26 heavy (non-hydrogen) atoms. The summed E-state index contributed by atoms with van der Waals surface area (Å²) >= 11 is 0. The van der Waals surface area contributed by atoms with E-state index >= 15 is 0 Å². The summed E-state index contributed by atoms with van der Waals surface area (Å²) in [5.74, 6) is -4.50. The van der Waals surface area contributed by atoms with Gasteiger partial charge in [0.2, 0.25) is 0 Å². The second kappa shape index (κ2) is 5.84. The largest absolute Gasteiger partial charge is 0.203 e. The minimum atomic E-state index is -1.19. The van der Waals surface area contributed by atoms with Crippen LogP contribution in [0.15, 0.2) is 48.5 Å². The second-order valence-electron chi connectivity index (χ2n) is 6.55. The average Bonchev–Trinajstić information content (AvgIpc) is 2.62. The lowest BCUT2D eigenvalue weighted by Gasteiger charge is -2.12. The fourth-order valence-corrected chi connectivity index (χ4v) is 3.27. The van der Waals surface area contributed by atoms with Crippen LogP contribution in [0, 0.1) is 37.1 Å². The molecule has 130 valence electrons. The molecule has 0 N–H and O–H groups in total. The topological polar surface area (TPSA) is 0 Å². The van der Waals surface area contributed by atoms with Crippen molar-refractivity contribution >= 4 is 21.5 Å². The van der Waals surface area contributed by atoms with E-state index in [2.05, 4.69) is 0 Å². The molecule has 0 aliphatic carbocycles. The smallest absolute Gasteiger partial charge is 0.167 e. The Balaban J connectivity index is 2.07. The fraction of sp³-hybridized carbons (Fsp3) is 0.0909. The van der Waals surface area contributed by atoms with Crippen molar-refractivity contribution in [3.63, 3.8) is 0 Å². The lowest BCUT2D eigenvalue weighted by molar-refractivity contribution is 0.509. The van der Waals surface area contributed by atoms with Gasteiger partial charge in [0, 0.05) is 21.9 Å². The molecule has 0 nitrogen and oxygen atoms in total. The van der Waals surface area contributed by atoms with Crippen molar-refractivity contribution in [3.05, 3.63) is 82.9 Å². The fourth-order valence-electron chi connectivity index (χ4n) is 3.27. The van der Waals surface area contributed by atoms with Crippen molar-refractivity contribution in [2.45, 2.75) is 13.8 Å².